The van der Waals surface area contributed by atoms with E-state index in [0.29, 0.717) is 12.1 Å². The van der Waals surface area contributed by atoms with Gasteiger partial charge in [0.15, 0.2) is 6.10 Å². The van der Waals surface area contributed by atoms with Gasteiger partial charge in [-0.05, 0) is 36.3 Å². The van der Waals surface area contributed by atoms with Crippen molar-refractivity contribution in [2.24, 2.45) is 0 Å². The first-order chi connectivity index (χ1) is 12.5. The molecule has 26 heavy (non-hydrogen) atoms. The van der Waals surface area contributed by atoms with E-state index in [-0.39, 0.29) is 5.69 Å². The van der Waals surface area contributed by atoms with Crippen LogP contribution in [0.25, 0.3) is 6.08 Å². The van der Waals surface area contributed by atoms with Crippen molar-refractivity contribution in [1.29, 1.82) is 0 Å². The van der Waals surface area contributed by atoms with E-state index < -0.39 is 22.9 Å². The van der Waals surface area contributed by atoms with Gasteiger partial charge in [-0.3, -0.25) is 14.9 Å². The quantitative estimate of drug-likeness (QED) is 0.357. The summed E-state index contributed by atoms with van der Waals surface area (Å²) in [6.45, 7) is 1.83. The van der Waals surface area contributed by atoms with Gasteiger partial charge >= 0.3 is 5.97 Å². The van der Waals surface area contributed by atoms with Gasteiger partial charge < -0.3 is 10.1 Å². The van der Waals surface area contributed by atoms with Crippen LogP contribution in [0.2, 0.25) is 0 Å². The number of rotatable bonds is 7. The zero-order chi connectivity index (χ0) is 18.9. The average molecular weight is 354 g/mol. The molecule has 0 aliphatic heterocycles. The summed E-state index contributed by atoms with van der Waals surface area (Å²) in [6, 6.07) is 15.1. The van der Waals surface area contributed by atoms with E-state index in [0.717, 1.165) is 5.56 Å². The fourth-order valence-corrected chi connectivity index (χ4v) is 2.07. The van der Waals surface area contributed by atoms with Crippen LogP contribution in [0.15, 0.2) is 60.7 Å². The summed E-state index contributed by atoms with van der Waals surface area (Å²) in [5.41, 5.74) is 1.51. The van der Waals surface area contributed by atoms with E-state index in [1.807, 2.05) is 30.3 Å². The van der Waals surface area contributed by atoms with E-state index in [2.05, 4.69) is 5.32 Å². The molecule has 1 N–H and O–H groups in total. The maximum Gasteiger partial charge on any atom is 0.331 e. The molecule has 2 aromatic carbocycles. The minimum atomic E-state index is -0.937. The second kappa shape index (κ2) is 9.12. The number of hydrogen-bond acceptors (Lipinski definition) is 5. The summed E-state index contributed by atoms with van der Waals surface area (Å²) < 4.78 is 5.04. The zero-order valence-corrected chi connectivity index (χ0v) is 14.1. The molecule has 1 amide bonds. The predicted octanol–water partition coefficient (Wildman–Crippen LogP) is 2.86. The molecule has 0 saturated carbocycles. The van der Waals surface area contributed by atoms with Crippen LogP contribution >= 0.6 is 0 Å². The second-order valence-electron chi connectivity index (χ2n) is 5.46. The Bertz CT molecular complexity index is 800. The van der Waals surface area contributed by atoms with Crippen molar-refractivity contribution in [1.82, 2.24) is 5.32 Å². The Morgan fingerprint density at radius 2 is 1.81 bits per heavy atom. The first-order valence-electron chi connectivity index (χ1n) is 7.90. The molecule has 2 rings (SSSR count). The third kappa shape index (κ3) is 5.86. The molecule has 0 unspecified atom stereocenters. The van der Waals surface area contributed by atoms with Crippen molar-refractivity contribution < 1.29 is 19.2 Å². The number of nitro groups is 1. The maximum absolute atomic E-state index is 12.0. The molecular formula is C19H18N2O5. The smallest absolute Gasteiger partial charge is 0.331 e. The maximum atomic E-state index is 12.0. The van der Waals surface area contributed by atoms with Gasteiger partial charge in [-0.2, -0.15) is 0 Å². The number of esters is 1. The summed E-state index contributed by atoms with van der Waals surface area (Å²) in [4.78, 5) is 33.8. The average Bonchev–Trinajstić information content (AvgIpc) is 2.65. The zero-order valence-electron chi connectivity index (χ0n) is 14.1. The number of ether oxygens (including phenoxy) is 1. The van der Waals surface area contributed by atoms with Crippen LogP contribution in [-0.2, 0) is 20.9 Å². The minimum absolute atomic E-state index is 0.0339. The number of benzene rings is 2. The minimum Gasteiger partial charge on any atom is -0.449 e. The Morgan fingerprint density at radius 1 is 1.15 bits per heavy atom. The van der Waals surface area contributed by atoms with Gasteiger partial charge in [0.05, 0.1) is 4.92 Å². The molecule has 0 aliphatic rings. The molecule has 0 saturated heterocycles. The van der Waals surface area contributed by atoms with Crippen LogP contribution in [-0.4, -0.2) is 22.9 Å². The van der Waals surface area contributed by atoms with Crippen molar-refractivity contribution in [3.05, 3.63) is 81.9 Å². The second-order valence-corrected chi connectivity index (χ2v) is 5.46. The molecule has 0 aliphatic carbocycles. The molecule has 0 bridgehead atoms. The SMILES string of the molecule is C[C@H](OC(=O)/C=C/c1ccc([N+](=O)[O-])cc1)C(=O)NCc1ccccc1. The highest BCUT2D eigenvalue weighted by atomic mass is 16.6. The van der Waals surface area contributed by atoms with Crippen LogP contribution in [0.4, 0.5) is 5.69 Å². The molecule has 0 heterocycles. The van der Waals surface area contributed by atoms with Gasteiger partial charge in [-0.15, -0.1) is 0 Å². The third-order valence-electron chi connectivity index (χ3n) is 3.49. The van der Waals surface area contributed by atoms with Crippen LogP contribution in [0, 0.1) is 10.1 Å². The highest BCUT2D eigenvalue weighted by Gasteiger charge is 2.16. The number of carbonyl (C=O) groups excluding carboxylic acids is 2. The lowest BCUT2D eigenvalue weighted by Crippen LogP contribution is -2.35. The summed E-state index contributed by atoms with van der Waals surface area (Å²) in [7, 11) is 0. The van der Waals surface area contributed by atoms with Gasteiger partial charge in [-0.25, -0.2) is 4.79 Å². The molecule has 2 aromatic rings. The third-order valence-corrected chi connectivity index (χ3v) is 3.49. The number of amides is 1. The lowest BCUT2D eigenvalue weighted by Gasteiger charge is -2.12. The monoisotopic (exact) mass is 354 g/mol. The van der Waals surface area contributed by atoms with Crippen LogP contribution < -0.4 is 5.32 Å². The standard InChI is InChI=1S/C19H18N2O5/c1-14(19(23)20-13-16-5-3-2-4-6-16)26-18(22)12-9-15-7-10-17(11-8-15)21(24)25/h2-12,14H,13H2,1H3,(H,20,23)/b12-9+/t14-/m0/s1. The molecule has 0 spiro atoms. The number of nitro benzene ring substituents is 1. The van der Waals surface area contributed by atoms with Crippen LogP contribution in [0.3, 0.4) is 0 Å². The Kier molecular flexibility index (Phi) is 6.61. The lowest BCUT2D eigenvalue weighted by molar-refractivity contribution is -0.384. The van der Waals surface area contributed by atoms with Gasteiger partial charge in [-0.1, -0.05) is 30.3 Å². The molecule has 7 nitrogen and oxygen atoms in total. The number of non-ortho nitro benzene ring substituents is 1. The van der Waals surface area contributed by atoms with Gasteiger partial charge in [0.25, 0.3) is 11.6 Å². The highest BCUT2D eigenvalue weighted by molar-refractivity contribution is 5.90. The van der Waals surface area contributed by atoms with E-state index in [1.54, 1.807) is 0 Å². The fraction of sp³-hybridized carbons (Fsp3) is 0.158. The largest absolute Gasteiger partial charge is 0.449 e. The number of carbonyl (C=O) groups is 2. The summed E-state index contributed by atoms with van der Waals surface area (Å²) in [5, 5.41) is 13.3. The lowest BCUT2D eigenvalue weighted by atomic mass is 10.2. The molecule has 134 valence electrons. The van der Waals surface area contributed by atoms with E-state index in [4.69, 9.17) is 4.74 Å². The van der Waals surface area contributed by atoms with Crippen molar-refractivity contribution in [3.8, 4) is 0 Å². The van der Waals surface area contributed by atoms with Gasteiger partial charge in [0, 0.05) is 24.8 Å². The topological polar surface area (TPSA) is 98.5 Å². The summed E-state index contributed by atoms with van der Waals surface area (Å²) in [5.74, 6) is -1.07. The van der Waals surface area contributed by atoms with Crippen LogP contribution in [0.5, 0.6) is 0 Å². The molecule has 1 atom stereocenters. The predicted molar refractivity (Wildman–Crippen MR) is 96.0 cm³/mol. The highest BCUT2D eigenvalue weighted by Crippen LogP contribution is 2.13. The number of nitrogens with zero attached hydrogens (tertiary/aromatic N) is 1. The summed E-state index contributed by atoms with van der Waals surface area (Å²) in [6.07, 6.45) is 1.69. The molecule has 0 radical (unpaired) electrons. The molecular weight excluding hydrogens is 336 g/mol. The molecule has 7 heteroatoms. The van der Waals surface area contributed by atoms with E-state index >= 15 is 0 Å². The first-order valence-corrected chi connectivity index (χ1v) is 7.90. The van der Waals surface area contributed by atoms with Crippen molar-refractivity contribution in [2.75, 3.05) is 0 Å². The van der Waals surface area contributed by atoms with E-state index in [9.17, 15) is 19.7 Å². The van der Waals surface area contributed by atoms with Crippen molar-refractivity contribution in [3.63, 3.8) is 0 Å². The van der Waals surface area contributed by atoms with Crippen LogP contribution in [0.1, 0.15) is 18.1 Å². The molecule has 0 fully saturated rings. The number of nitrogens with one attached hydrogen (secondary N) is 1. The fourth-order valence-electron chi connectivity index (χ4n) is 2.07. The number of hydrogen-bond donors (Lipinski definition) is 1. The Hall–Kier alpha value is -3.48. The van der Waals surface area contributed by atoms with E-state index in [1.165, 1.54) is 43.3 Å². The van der Waals surface area contributed by atoms with Crippen molar-refractivity contribution in [2.45, 2.75) is 19.6 Å². The Balaban J connectivity index is 1.82. The van der Waals surface area contributed by atoms with Crippen molar-refractivity contribution >= 4 is 23.6 Å². The van der Waals surface area contributed by atoms with Gasteiger partial charge in [0.1, 0.15) is 0 Å². The normalized spacial score (nSPS) is 11.7. The molecule has 0 aromatic heterocycles. The van der Waals surface area contributed by atoms with Gasteiger partial charge in [0.2, 0.25) is 0 Å². The first kappa shape index (κ1) is 18.9. The Morgan fingerprint density at radius 3 is 2.42 bits per heavy atom. The summed E-state index contributed by atoms with van der Waals surface area (Å²) >= 11 is 0. The Labute approximate surface area is 150 Å².